The van der Waals surface area contributed by atoms with Crippen LogP contribution in [0.1, 0.15) is 41.3 Å². The van der Waals surface area contributed by atoms with E-state index >= 15 is 0 Å². The average molecular weight is 490 g/mol. The number of thiophene rings is 1. The minimum absolute atomic E-state index is 0.200. The number of ether oxygens (including phenoxy) is 2. The first-order valence-electron chi connectivity index (χ1n) is 10.5. The molecule has 174 valence electrons. The molecule has 0 aliphatic heterocycles. The van der Waals surface area contributed by atoms with Crippen LogP contribution >= 0.6 is 22.9 Å². The molecular formula is C25H25ClFNO4S. The summed E-state index contributed by atoms with van der Waals surface area (Å²) >= 11 is 7.40. The van der Waals surface area contributed by atoms with Crippen molar-refractivity contribution in [2.24, 2.45) is 0 Å². The van der Waals surface area contributed by atoms with Crippen LogP contribution in [0.3, 0.4) is 0 Å². The van der Waals surface area contributed by atoms with Gasteiger partial charge in [-0.3, -0.25) is 4.79 Å². The summed E-state index contributed by atoms with van der Waals surface area (Å²) in [6.45, 7) is 6.11. The van der Waals surface area contributed by atoms with Gasteiger partial charge in [0.05, 0.1) is 13.2 Å². The average Bonchev–Trinajstić information content (AvgIpc) is 3.19. The molecule has 0 spiro atoms. The second-order valence-corrected chi connectivity index (χ2v) is 8.71. The number of aryl methyl sites for hydroxylation is 2. The van der Waals surface area contributed by atoms with Crippen molar-refractivity contribution in [3.05, 3.63) is 69.3 Å². The van der Waals surface area contributed by atoms with Gasteiger partial charge in [-0.1, -0.05) is 23.7 Å². The highest BCUT2D eigenvalue weighted by Crippen LogP contribution is 2.36. The Morgan fingerprint density at radius 1 is 1.12 bits per heavy atom. The molecule has 1 heterocycles. The van der Waals surface area contributed by atoms with Crippen LogP contribution in [-0.2, 0) is 9.53 Å². The van der Waals surface area contributed by atoms with E-state index in [9.17, 15) is 14.0 Å². The van der Waals surface area contributed by atoms with Crippen molar-refractivity contribution in [2.75, 3.05) is 18.5 Å². The van der Waals surface area contributed by atoms with E-state index in [0.717, 1.165) is 16.1 Å². The molecule has 5 nitrogen and oxygen atoms in total. The van der Waals surface area contributed by atoms with Crippen LogP contribution in [-0.4, -0.2) is 25.1 Å². The lowest BCUT2D eigenvalue weighted by Gasteiger charge is -2.11. The van der Waals surface area contributed by atoms with Crippen molar-refractivity contribution in [1.82, 2.24) is 0 Å². The van der Waals surface area contributed by atoms with E-state index in [-0.39, 0.29) is 30.3 Å². The maximum absolute atomic E-state index is 13.3. The van der Waals surface area contributed by atoms with E-state index in [2.05, 4.69) is 5.32 Å². The Kier molecular flexibility index (Phi) is 8.47. The number of hydrogen-bond acceptors (Lipinski definition) is 5. The van der Waals surface area contributed by atoms with Crippen molar-refractivity contribution in [1.29, 1.82) is 0 Å². The Labute approximate surface area is 201 Å². The molecule has 33 heavy (non-hydrogen) atoms. The summed E-state index contributed by atoms with van der Waals surface area (Å²) in [4.78, 5) is 25.1. The van der Waals surface area contributed by atoms with Crippen molar-refractivity contribution in [3.8, 4) is 16.9 Å². The maximum atomic E-state index is 13.3. The van der Waals surface area contributed by atoms with E-state index in [0.29, 0.717) is 34.9 Å². The third-order valence-electron chi connectivity index (χ3n) is 4.91. The molecular weight excluding hydrogens is 465 g/mol. The molecule has 3 rings (SSSR count). The lowest BCUT2D eigenvalue weighted by Crippen LogP contribution is -2.15. The molecule has 1 N–H and O–H groups in total. The summed E-state index contributed by atoms with van der Waals surface area (Å²) in [5.41, 5.74) is 3.39. The lowest BCUT2D eigenvalue weighted by molar-refractivity contribution is -0.116. The summed E-state index contributed by atoms with van der Waals surface area (Å²) in [7, 11) is 0. The predicted molar refractivity (Wildman–Crippen MR) is 130 cm³/mol. The van der Waals surface area contributed by atoms with Gasteiger partial charge in [-0.05, 0) is 68.1 Å². The Morgan fingerprint density at radius 2 is 1.79 bits per heavy atom. The standard InChI is InChI=1S/C25H25ClFNO4S/c1-4-31-25(30)22-20(17-7-9-18(27)10-8-17)14-33-24(22)28-21(29)6-5-11-32-19-12-15(2)23(26)16(3)13-19/h7-10,12-14H,4-6,11H2,1-3H3,(H,28,29). The molecule has 0 aliphatic carbocycles. The molecule has 3 aromatic rings. The van der Waals surface area contributed by atoms with Crippen LogP contribution in [0.4, 0.5) is 9.39 Å². The highest BCUT2D eigenvalue weighted by Gasteiger charge is 2.22. The molecule has 0 bridgehead atoms. The number of esters is 1. The number of nitrogens with one attached hydrogen (secondary N) is 1. The Morgan fingerprint density at radius 3 is 2.42 bits per heavy atom. The summed E-state index contributed by atoms with van der Waals surface area (Å²) < 4.78 is 24.2. The molecule has 0 saturated heterocycles. The minimum atomic E-state index is -0.537. The van der Waals surface area contributed by atoms with Crippen LogP contribution in [0.25, 0.3) is 11.1 Å². The molecule has 1 aromatic heterocycles. The zero-order valence-electron chi connectivity index (χ0n) is 18.7. The summed E-state index contributed by atoms with van der Waals surface area (Å²) in [6.07, 6.45) is 0.717. The lowest BCUT2D eigenvalue weighted by atomic mass is 10.0. The summed E-state index contributed by atoms with van der Waals surface area (Å²) in [5, 5.41) is 5.68. The third-order valence-corrected chi connectivity index (χ3v) is 6.40. The second kappa shape index (κ2) is 11.3. The highest BCUT2D eigenvalue weighted by molar-refractivity contribution is 7.15. The molecule has 8 heteroatoms. The fourth-order valence-corrected chi connectivity index (χ4v) is 4.38. The van der Waals surface area contributed by atoms with Crippen molar-refractivity contribution in [3.63, 3.8) is 0 Å². The van der Waals surface area contributed by atoms with Gasteiger partial charge in [-0.2, -0.15) is 0 Å². The number of rotatable bonds is 9. The van der Waals surface area contributed by atoms with E-state index < -0.39 is 5.97 Å². The molecule has 0 saturated carbocycles. The molecule has 0 fully saturated rings. The van der Waals surface area contributed by atoms with Gasteiger partial charge < -0.3 is 14.8 Å². The van der Waals surface area contributed by atoms with Gasteiger partial charge >= 0.3 is 5.97 Å². The van der Waals surface area contributed by atoms with Gasteiger partial charge in [-0.15, -0.1) is 11.3 Å². The van der Waals surface area contributed by atoms with Crippen molar-refractivity contribution >= 4 is 39.8 Å². The molecule has 0 radical (unpaired) electrons. The van der Waals surface area contributed by atoms with E-state index in [1.54, 1.807) is 24.4 Å². The van der Waals surface area contributed by atoms with Crippen LogP contribution in [0.15, 0.2) is 41.8 Å². The number of hydrogen-bond donors (Lipinski definition) is 1. The summed E-state index contributed by atoms with van der Waals surface area (Å²) in [5.74, 6) is -0.432. The van der Waals surface area contributed by atoms with Gasteiger partial charge in [0.15, 0.2) is 0 Å². The van der Waals surface area contributed by atoms with E-state index in [1.807, 2.05) is 26.0 Å². The summed E-state index contributed by atoms with van der Waals surface area (Å²) in [6, 6.07) is 9.55. The Hall–Kier alpha value is -2.90. The topological polar surface area (TPSA) is 64.6 Å². The van der Waals surface area contributed by atoms with Gasteiger partial charge in [0.2, 0.25) is 5.91 Å². The number of carbonyl (C=O) groups excluding carboxylic acids is 2. The molecule has 2 aromatic carbocycles. The van der Waals surface area contributed by atoms with E-state index in [4.69, 9.17) is 21.1 Å². The molecule has 0 atom stereocenters. The number of halogens is 2. The van der Waals surface area contributed by atoms with Gasteiger partial charge in [0, 0.05) is 22.4 Å². The number of carbonyl (C=O) groups is 2. The van der Waals surface area contributed by atoms with E-state index in [1.165, 1.54) is 23.5 Å². The Balaban J connectivity index is 1.64. The Bertz CT molecular complexity index is 1120. The van der Waals surface area contributed by atoms with Crippen LogP contribution in [0, 0.1) is 19.7 Å². The van der Waals surface area contributed by atoms with Crippen LogP contribution < -0.4 is 10.1 Å². The minimum Gasteiger partial charge on any atom is -0.494 e. The predicted octanol–water partition coefficient (Wildman–Crippen LogP) is 6.80. The normalized spacial score (nSPS) is 10.7. The first-order valence-corrected chi connectivity index (χ1v) is 11.8. The first kappa shape index (κ1) is 24.7. The van der Waals surface area contributed by atoms with Crippen LogP contribution in [0.5, 0.6) is 5.75 Å². The monoisotopic (exact) mass is 489 g/mol. The third kappa shape index (κ3) is 6.33. The number of benzene rings is 2. The van der Waals surface area contributed by atoms with Gasteiger partial charge in [0.25, 0.3) is 0 Å². The zero-order chi connectivity index (χ0) is 24.0. The zero-order valence-corrected chi connectivity index (χ0v) is 20.2. The number of anilines is 1. The van der Waals surface area contributed by atoms with Gasteiger partial charge in [0.1, 0.15) is 22.1 Å². The molecule has 1 amide bonds. The van der Waals surface area contributed by atoms with Crippen molar-refractivity contribution in [2.45, 2.75) is 33.6 Å². The fraction of sp³-hybridized carbons (Fsp3) is 0.280. The fourth-order valence-electron chi connectivity index (χ4n) is 3.30. The highest BCUT2D eigenvalue weighted by atomic mass is 35.5. The smallest absolute Gasteiger partial charge is 0.341 e. The quantitative estimate of drug-likeness (QED) is 0.265. The first-order chi connectivity index (χ1) is 15.8. The maximum Gasteiger partial charge on any atom is 0.341 e. The SMILES string of the molecule is CCOC(=O)c1c(-c2ccc(F)cc2)csc1NC(=O)CCCOc1cc(C)c(Cl)c(C)c1. The largest absolute Gasteiger partial charge is 0.494 e. The number of amides is 1. The molecule has 0 aliphatic rings. The van der Waals surface area contributed by atoms with Gasteiger partial charge in [-0.25, -0.2) is 9.18 Å². The molecule has 0 unspecified atom stereocenters. The second-order valence-electron chi connectivity index (χ2n) is 7.45. The van der Waals surface area contributed by atoms with Crippen molar-refractivity contribution < 1.29 is 23.5 Å². The van der Waals surface area contributed by atoms with Crippen LogP contribution in [0.2, 0.25) is 5.02 Å².